The van der Waals surface area contributed by atoms with E-state index in [1.54, 1.807) is 36.4 Å². The fraction of sp³-hybridized carbons (Fsp3) is 0.350. The molecule has 0 saturated heterocycles. The van der Waals surface area contributed by atoms with Crippen LogP contribution in [0.2, 0.25) is 0 Å². The third kappa shape index (κ3) is 5.79. The summed E-state index contributed by atoms with van der Waals surface area (Å²) >= 11 is 0. The van der Waals surface area contributed by atoms with Gasteiger partial charge in [0.25, 0.3) is 5.91 Å². The Morgan fingerprint density at radius 2 is 1.59 bits per heavy atom. The Kier molecular flexibility index (Phi) is 6.59. The molecule has 0 aliphatic rings. The van der Waals surface area contributed by atoms with Crippen molar-refractivity contribution < 1.29 is 17.6 Å². The van der Waals surface area contributed by atoms with Gasteiger partial charge in [-0.1, -0.05) is 26.0 Å². The maximum Gasteiger partial charge on any atom is 0.251 e. The SMILES string of the molecule is CC(C)C(C)NC(=O)c1ccc(N(Cc2ccc(F)cc2)S(C)(=O)=O)cc1. The van der Waals surface area contributed by atoms with Crippen LogP contribution in [0.5, 0.6) is 0 Å². The lowest BCUT2D eigenvalue weighted by Gasteiger charge is -2.23. The fourth-order valence-electron chi connectivity index (χ4n) is 2.39. The van der Waals surface area contributed by atoms with Gasteiger partial charge in [0, 0.05) is 11.6 Å². The maximum absolute atomic E-state index is 13.1. The van der Waals surface area contributed by atoms with Crippen LogP contribution in [0.1, 0.15) is 36.7 Å². The van der Waals surface area contributed by atoms with Gasteiger partial charge in [-0.05, 0) is 54.8 Å². The molecule has 27 heavy (non-hydrogen) atoms. The lowest BCUT2D eigenvalue weighted by molar-refractivity contribution is 0.0930. The number of carbonyl (C=O) groups is 1. The van der Waals surface area contributed by atoms with Crippen molar-refractivity contribution in [2.45, 2.75) is 33.4 Å². The highest BCUT2D eigenvalue weighted by Crippen LogP contribution is 2.21. The van der Waals surface area contributed by atoms with E-state index in [-0.39, 0.29) is 24.3 Å². The number of hydrogen-bond donors (Lipinski definition) is 1. The molecule has 0 bridgehead atoms. The molecule has 0 radical (unpaired) electrons. The van der Waals surface area contributed by atoms with Crippen LogP contribution in [0.15, 0.2) is 48.5 Å². The molecule has 1 amide bonds. The van der Waals surface area contributed by atoms with Crippen molar-refractivity contribution >= 4 is 21.6 Å². The first-order valence-corrected chi connectivity index (χ1v) is 10.6. The van der Waals surface area contributed by atoms with Crippen LogP contribution in [0, 0.1) is 11.7 Å². The number of carbonyl (C=O) groups excluding carboxylic acids is 1. The number of halogens is 1. The van der Waals surface area contributed by atoms with Crippen molar-refractivity contribution in [3.05, 3.63) is 65.5 Å². The van der Waals surface area contributed by atoms with E-state index in [0.717, 1.165) is 6.26 Å². The molecule has 0 spiro atoms. The highest BCUT2D eigenvalue weighted by molar-refractivity contribution is 7.92. The largest absolute Gasteiger partial charge is 0.349 e. The summed E-state index contributed by atoms with van der Waals surface area (Å²) in [7, 11) is -3.55. The van der Waals surface area contributed by atoms with Gasteiger partial charge < -0.3 is 5.32 Å². The van der Waals surface area contributed by atoms with Gasteiger partial charge in [0.15, 0.2) is 0 Å². The van der Waals surface area contributed by atoms with Crippen molar-refractivity contribution in [1.82, 2.24) is 5.32 Å². The van der Waals surface area contributed by atoms with Crippen molar-refractivity contribution in [2.75, 3.05) is 10.6 Å². The molecule has 1 N–H and O–H groups in total. The Balaban J connectivity index is 2.22. The van der Waals surface area contributed by atoms with Gasteiger partial charge >= 0.3 is 0 Å². The second-order valence-electron chi connectivity index (χ2n) is 6.95. The fourth-order valence-corrected chi connectivity index (χ4v) is 3.28. The van der Waals surface area contributed by atoms with E-state index in [1.165, 1.54) is 16.4 Å². The minimum atomic E-state index is -3.55. The quantitative estimate of drug-likeness (QED) is 0.783. The zero-order chi connectivity index (χ0) is 20.2. The highest BCUT2D eigenvalue weighted by atomic mass is 32.2. The molecule has 146 valence electrons. The molecule has 1 unspecified atom stereocenters. The zero-order valence-corrected chi connectivity index (χ0v) is 16.8. The number of sulfonamides is 1. The average Bonchev–Trinajstić information content (AvgIpc) is 2.60. The molecule has 2 aromatic carbocycles. The topological polar surface area (TPSA) is 66.5 Å². The number of anilines is 1. The highest BCUT2D eigenvalue weighted by Gasteiger charge is 2.19. The number of rotatable bonds is 7. The van der Waals surface area contributed by atoms with Crippen molar-refractivity contribution in [1.29, 1.82) is 0 Å². The number of benzene rings is 2. The minimum Gasteiger partial charge on any atom is -0.349 e. The molecule has 0 saturated carbocycles. The van der Waals surface area contributed by atoms with Crippen molar-refractivity contribution in [2.24, 2.45) is 5.92 Å². The first-order chi connectivity index (χ1) is 12.6. The predicted octanol–water partition coefficient (Wildman–Crippen LogP) is 3.57. The summed E-state index contributed by atoms with van der Waals surface area (Å²) in [5.41, 5.74) is 1.56. The summed E-state index contributed by atoms with van der Waals surface area (Å²) < 4.78 is 38.7. The number of amides is 1. The lowest BCUT2D eigenvalue weighted by atomic mass is 10.1. The van der Waals surface area contributed by atoms with Gasteiger partial charge in [0.2, 0.25) is 10.0 Å². The summed E-state index contributed by atoms with van der Waals surface area (Å²) in [6, 6.07) is 12.1. The van der Waals surface area contributed by atoms with E-state index in [4.69, 9.17) is 0 Å². The Bertz CT molecular complexity index is 878. The van der Waals surface area contributed by atoms with Crippen molar-refractivity contribution in [3.63, 3.8) is 0 Å². The van der Waals surface area contributed by atoms with E-state index in [2.05, 4.69) is 5.32 Å². The molecule has 2 aromatic rings. The monoisotopic (exact) mass is 392 g/mol. The van der Waals surface area contributed by atoms with Gasteiger partial charge in [-0.25, -0.2) is 12.8 Å². The standard InChI is InChI=1S/C20H25FN2O3S/c1-14(2)15(3)22-20(24)17-7-11-19(12-8-17)23(27(4,25)26)13-16-5-9-18(21)10-6-16/h5-12,14-15H,13H2,1-4H3,(H,22,24). The van der Waals surface area contributed by atoms with Crippen LogP contribution < -0.4 is 9.62 Å². The van der Waals surface area contributed by atoms with Gasteiger partial charge in [0.05, 0.1) is 18.5 Å². The van der Waals surface area contributed by atoms with Gasteiger partial charge in [0.1, 0.15) is 5.82 Å². The second kappa shape index (κ2) is 8.52. The van der Waals surface area contributed by atoms with E-state index in [9.17, 15) is 17.6 Å². The van der Waals surface area contributed by atoms with Gasteiger partial charge in [-0.2, -0.15) is 0 Å². The summed E-state index contributed by atoms with van der Waals surface area (Å²) in [5, 5.41) is 2.91. The van der Waals surface area contributed by atoms with Crippen LogP contribution >= 0.6 is 0 Å². The molecule has 7 heteroatoms. The number of nitrogens with zero attached hydrogens (tertiary/aromatic N) is 1. The van der Waals surface area contributed by atoms with Crippen LogP contribution in [0.4, 0.5) is 10.1 Å². The summed E-state index contributed by atoms with van der Waals surface area (Å²) in [6.45, 7) is 6.06. The normalized spacial score (nSPS) is 12.7. The Hall–Kier alpha value is -2.41. The van der Waals surface area contributed by atoms with Crippen LogP contribution in [-0.4, -0.2) is 26.6 Å². The molecule has 0 heterocycles. The predicted molar refractivity (Wildman–Crippen MR) is 106 cm³/mol. The van der Waals surface area contributed by atoms with E-state index >= 15 is 0 Å². The Morgan fingerprint density at radius 1 is 1.04 bits per heavy atom. The van der Waals surface area contributed by atoms with Crippen LogP contribution in [-0.2, 0) is 16.6 Å². The van der Waals surface area contributed by atoms with Crippen LogP contribution in [0.3, 0.4) is 0 Å². The van der Waals surface area contributed by atoms with E-state index < -0.39 is 10.0 Å². The van der Waals surface area contributed by atoms with Crippen LogP contribution in [0.25, 0.3) is 0 Å². The Morgan fingerprint density at radius 3 is 2.07 bits per heavy atom. The zero-order valence-electron chi connectivity index (χ0n) is 15.9. The van der Waals surface area contributed by atoms with E-state index in [0.29, 0.717) is 22.7 Å². The average molecular weight is 392 g/mol. The third-order valence-electron chi connectivity index (χ3n) is 4.42. The third-order valence-corrected chi connectivity index (χ3v) is 5.56. The van der Waals surface area contributed by atoms with Gasteiger partial charge in [-0.15, -0.1) is 0 Å². The second-order valence-corrected chi connectivity index (χ2v) is 8.86. The smallest absolute Gasteiger partial charge is 0.251 e. The number of hydrogen-bond acceptors (Lipinski definition) is 3. The molecule has 0 aliphatic carbocycles. The summed E-state index contributed by atoms with van der Waals surface area (Å²) in [4.78, 5) is 12.3. The molecular weight excluding hydrogens is 367 g/mol. The maximum atomic E-state index is 13.1. The van der Waals surface area contributed by atoms with Gasteiger partial charge in [-0.3, -0.25) is 9.10 Å². The molecule has 0 fully saturated rings. The minimum absolute atomic E-state index is 0.0307. The molecule has 2 rings (SSSR count). The number of nitrogens with one attached hydrogen (secondary N) is 1. The van der Waals surface area contributed by atoms with E-state index in [1.807, 2.05) is 20.8 Å². The first-order valence-electron chi connectivity index (χ1n) is 8.71. The molecule has 1 atom stereocenters. The molecular formula is C20H25FN2O3S. The summed E-state index contributed by atoms with van der Waals surface area (Å²) in [6.07, 6.45) is 1.11. The lowest BCUT2D eigenvalue weighted by Crippen LogP contribution is -2.36. The molecule has 0 aromatic heterocycles. The Labute approximate surface area is 160 Å². The summed E-state index contributed by atoms with van der Waals surface area (Å²) in [5.74, 6) is -0.271. The molecule has 0 aliphatic heterocycles. The van der Waals surface area contributed by atoms with Crippen molar-refractivity contribution in [3.8, 4) is 0 Å². The molecule has 5 nitrogen and oxygen atoms in total. The first kappa shape index (κ1) is 20.9.